The number of nitrogens with zero attached hydrogens (tertiary/aromatic N) is 2. The number of nitrogens with one attached hydrogen (secondary N) is 1. The molecule has 3 aromatic rings. The maximum atomic E-state index is 13.1. The molecule has 1 amide bonds. The maximum absolute atomic E-state index is 13.1. The Morgan fingerprint density at radius 2 is 1.76 bits per heavy atom. The van der Waals surface area contributed by atoms with Crippen molar-refractivity contribution < 1.29 is 27.6 Å². The molecular formula is C23H23N3O7S. The monoisotopic (exact) mass is 485 g/mol. The van der Waals surface area contributed by atoms with Crippen molar-refractivity contribution in [2.24, 2.45) is 0 Å². The second kappa shape index (κ2) is 10.2. The highest BCUT2D eigenvalue weighted by Gasteiger charge is 2.26. The Kier molecular flexibility index (Phi) is 7.37. The lowest BCUT2D eigenvalue weighted by molar-refractivity contribution is -0.385. The van der Waals surface area contributed by atoms with E-state index in [1.165, 1.54) is 44.5 Å². The Morgan fingerprint density at radius 3 is 2.38 bits per heavy atom. The molecule has 0 saturated carbocycles. The minimum atomic E-state index is -3.92. The molecule has 0 aliphatic heterocycles. The first-order chi connectivity index (χ1) is 16.2. The van der Waals surface area contributed by atoms with E-state index in [1.807, 2.05) is 0 Å². The van der Waals surface area contributed by atoms with Gasteiger partial charge in [0.05, 0.1) is 35.3 Å². The number of para-hydroxylation sites is 1. The Morgan fingerprint density at radius 1 is 1.06 bits per heavy atom. The number of carbonyl (C=O) groups excluding carboxylic acids is 1. The summed E-state index contributed by atoms with van der Waals surface area (Å²) in [6.07, 6.45) is 0. The van der Waals surface area contributed by atoms with Gasteiger partial charge in [0, 0.05) is 18.8 Å². The summed E-state index contributed by atoms with van der Waals surface area (Å²) in [6.45, 7) is 1.98. The van der Waals surface area contributed by atoms with Crippen LogP contribution in [-0.2, 0) is 10.0 Å². The van der Waals surface area contributed by atoms with E-state index in [1.54, 1.807) is 37.3 Å². The van der Waals surface area contributed by atoms with Gasteiger partial charge in [0.1, 0.15) is 5.56 Å². The molecule has 0 aliphatic carbocycles. The van der Waals surface area contributed by atoms with Gasteiger partial charge < -0.3 is 14.8 Å². The van der Waals surface area contributed by atoms with Crippen LogP contribution in [0, 0.1) is 10.1 Å². The number of methoxy groups -OCH3 is 1. The normalized spacial score (nSPS) is 10.9. The number of benzene rings is 3. The number of nitro groups is 1. The minimum absolute atomic E-state index is 0.0594. The molecule has 3 aromatic carbocycles. The number of hydrogen-bond donors (Lipinski definition) is 1. The van der Waals surface area contributed by atoms with E-state index in [-0.39, 0.29) is 34.3 Å². The lowest BCUT2D eigenvalue weighted by Gasteiger charge is -2.20. The number of ether oxygens (including phenoxy) is 2. The highest BCUT2D eigenvalue weighted by molar-refractivity contribution is 7.92. The van der Waals surface area contributed by atoms with Crippen LogP contribution in [0.15, 0.2) is 71.6 Å². The van der Waals surface area contributed by atoms with Gasteiger partial charge in [-0.05, 0) is 37.3 Å². The van der Waals surface area contributed by atoms with Gasteiger partial charge in [-0.3, -0.25) is 19.2 Å². The predicted molar refractivity (Wildman–Crippen MR) is 127 cm³/mol. The van der Waals surface area contributed by atoms with Gasteiger partial charge in [0.25, 0.3) is 21.6 Å². The maximum Gasteiger partial charge on any atom is 0.286 e. The number of anilines is 2. The van der Waals surface area contributed by atoms with Crippen molar-refractivity contribution in [1.29, 1.82) is 0 Å². The summed E-state index contributed by atoms with van der Waals surface area (Å²) >= 11 is 0. The molecule has 10 nitrogen and oxygen atoms in total. The van der Waals surface area contributed by atoms with Gasteiger partial charge in [-0.15, -0.1) is 0 Å². The molecule has 0 aromatic heterocycles. The topological polar surface area (TPSA) is 128 Å². The van der Waals surface area contributed by atoms with E-state index in [2.05, 4.69) is 5.32 Å². The summed E-state index contributed by atoms with van der Waals surface area (Å²) in [5, 5.41) is 14.1. The fourth-order valence-corrected chi connectivity index (χ4v) is 4.42. The van der Waals surface area contributed by atoms with E-state index in [4.69, 9.17) is 9.47 Å². The quantitative estimate of drug-likeness (QED) is 0.357. The van der Waals surface area contributed by atoms with Crippen LogP contribution in [0.3, 0.4) is 0 Å². The minimum Gasteiger partial charge on any atom is -0.493 e. The molecule has 0 bridgehead atoms. The standard InChI is InChI=1S/C23H23N3O7S/c1-4-33-22-14-19(20(26(28)29)15-21(22)32-3)23(27)24-16-9-8-12-18(13-16)34(30,31)25(2)17-10-6-5-7-11-17/h5-15H,4H2,1-3H3,(H,24,27). The van der Waals surface area contributed by atoms with Gasteiger partial charge in [0.15, 0.2) is 11.5 Å². The van der Waals surface area contributed by atoms with Crippen LogP contribution in [0.1, 0.15) is 17.3 Å². The lowest BCUT2D eigenvalue weighted by Crippen LogP contribution is -2.26. The first kappa shape index (κ1) is 24.5. The van der Waals surface area contributed by atoms with E-state index in [0.717, 1.165) is 10.4 Å². The van der Waals surface area contributed by atoms with Gasteiger partial charge in [-0.25, -0.2) is 8.42 Å². The van der Waals surface area contributed by atoms with Gasteiger partial charge >= 0.3 is 0 Å². The Labute approximate surface area is 196 Å². The smallest absolute Gasteiger partial charge is 0.286 e. The third kappa shape index (κ3) is 5.09. The summed E-state index contributed by atoms with van der Waals surface area (Å²) in [6, 6.07) is 16.5. The molecule has 0 saturated heterocycles. The average molecular weight is 486 g/mol. The molecule has 0 fully saturated rings. The van der Waals surface area contributed by atoms with Crippen molar-refractivity contribution in [2.75, 3.05) is 30.4 Å². The Balaban J connectivity index is 1.94. The SMILES string of the molecule is CCOc1cc(C(=O)Nc2cccc(S(=O)(=O)N(C)c3ccccc3)c2)c([N+](=O)[O-])cc1OC. The van der Waals surface area contributed by atoms with Crippen LogP contribution in [0.25, 0.3) is 0 Å². The summed E-state index contributed by atoms with van der Waals surface area (Å²) < 4.78 is 37.8. The van der Waals surface area contributed by atoms with Crippen molar-refractivity contribution >= 4 is 33.0 Å². The molecule has 0 spiro atoms. The highest BCUT2D eigenvalue weighted by Crippen LogP contribution is 2.35. The van der Waals surface area contributed by atoms with Crippen LogP contribution in [0.5, 0.6) is 11.5 Å². The van der Waals surface area contributed by atoms with E-state index >= 15 is 0 Å². The molecule has 0 unspecified atom stereocenters. The van der Waals surface area contributed by atoms with Crippen LogP contribution >= 0.6 is 0 Å². The molecule has 11 heteroatoms. The number of nitro benzene ring substituents is 1. The van der Waals surface area contributed by atoms with Crippen molar-refractivity contribution in [3.05, 3.63) is 82.4 Å². The summed E-state index contributed by atoms with van der Waals surface area (Å²) in [5.41, 5.74) is -0.126. The van der Waals surface area contributed by atoms with Crippen LogP contribution < -0.4 is 19.1 Å². The second-order valence-corrected chi connectivity index (χ2v) is 8.97. The Bertz CT molecular complexity index is 1310. The molecule has 178 valence electrons. The van der Waals surface area contributed by atoms with Crippen LogP contribution in [0.4, 0.5) is 17.1 Å². The Hall–Kier alpha value is -4.12. The van der Waals surface area contributed by atoms with Crippen LogP contribution in [0.2, 0.25) is 0 Å². The number of hydrogen-bond acceptors (Lipinski definition) is 7. The van der Waals surface area contributed by atoms with Crippen LogP contribution in [-0.4, -0.2) is 40.0 Å². The summed E-state index contributed by atoms with van der Waals surface area (Å²) in [4.78, 5) is 23.7. The first-order valence-electron chi connectivity index (χ1n) is 10.1. The third-order valence-corrected chi connectivity index (χ3v) is 6.67. The molecule has 0 atom stereocenters. The lowest BCUT2D eigenvalue weighted by atomic mass is 10.1. The summed E-state index contributed by atoms with van der Waals surface area (Å²) in [7, 11) is -1.17. The van der Waals surface area contributed by atoms with E-state index < -0.39 is 26.5 Å². The molecule has 34 heavy (non-hydrogen) atoms. The van der Waals surface area contributed by atoms with Crippen molar-refractivity contribution in [2.45, 2.75) is 11.8 Å². The second-order valence-electron chi connectivity index (χ2n) is 7.00. The van der Waals surface area contributed by atoms with Gasteiger partial charge in [-0.1, -0.05) is 24.3 Å². The zero-order valence-electron chi connectivity index (χ0n) is 18.7. The molecule has 3 rings (SSSR count). The number of amides is 1. The largest absolute Gasteiger partial charge is 0.493 e. The van der Waals surface area contributed by atoms with Gasteiger partial charge in [-0.2, -0.15) is 0 Å². The number of sulfonamides is 1. The molecular weight excluding hydrogens is 462 g/mol. The predicted octanol–water partition coefficient (Wildman–Crippen LogP) is 4.08. The molecule has 1 N–H and O–H groups in total. The number of carbonyl (C=O) groups is 1. The highest BCUT2D eigenvalue weighted by atomic mass is 32.2. The van der Waals surface area contributed by atoms with E-state index in [0.29, 0.717) is 5.69 Å². The molecule has 0 heterocycles. The fraction of sp³-hybridized carbons (Fsp3) is 0.174. The number of rotatable bonds is 9. The third-order valence-electron chi connectivity index (χ3n) is 4.89. The van der Waals surface area contributed by atoms with Crippen molar-refractivity contribution in [3.8, 4) is 11.5 Å². The van der Waals surface area contributed by atoms with Crippen molar-refractivity contribution in [1.82, 2.24) is 0 Å². The summed E-state index contributed by atoms with van der Waals surface area (Å²) in [5.74, 6) is -0.523. The van der Waals surface area contributed by atoms with Crippen molar-refractivity contribution in [3.63, 3.8) is 0 Å². The zero-order valence-corrected chi connectivity index (χ0v) is 19.5. The first-order valence-corrected chi connectivity index (χ1v) is 11.6. The average Bonchev–Trinajstić information content (AvgIpc) is 2.84. The molecule has 0 radical (unpaired) electrons. The zero-order chi connectivity index (χ0) is 24.9. The van der Waals surface area contributed by atoms with E-state index in [9.17, 15) is 23.3 Å². The molecule has 0 aliphatic rings. The fourth-order valence-electron chi connectivity index (χ4n) is 3.18. The van der Waals surface area contributed by atoms with Gasteiger partial charge in [0.2, 0.25) is 0 Å².